The molecule has 4 rings (SSSR count). The Morgan fingerprint density at radius 2 is 1.49 bits per heavy atom. The molecular weight excluding hydrogens is 652 g/mol. The van der Waals surface area contributed by atoms with Crippen molar-refractivity contribution in [3.05, 3.63) is 77.4 Å². The van der Waals surface area contributed by atoms with E-state index in [1.54, 1.807) is 30.9 Å². The molecule has 0 bridgehead atoms. The molecule has 7 N–H and O–H groups in total. The number of carbonyl (C=O) groups excluding carboxylic acids is 4. The van der Waals surface area contributed by atoms with Crippen LogP contribution >= 0.6 is 11.6 Å². The van der Waals surface area contributed by atoms with Crippen molar-refractivity contribution >= 4 is 70.2 Å². The summed E-state index contributed by atoms with van der Waals surface area (Å²) in [4.78, 5) is 53.3. The van der Waals surface area contributed by atoms with Crippen molar-refractivity contribution in [1.29, 1.82) is 5.41 Å². The van der Waals surface area contributed by atoms with Crippen LogP contribution in [-0.4, -0.2) is 79.1 Å². The van der Waals surface area contributed by atoms with Crippen molar-refractivity contribution in [2.75, 3.05) is 46.4 Å². The molecule has 258 valence electrons. The van der Waals surface area contributed by atoms with Crippen molar-refractivity contribution < 1.29 is 19.2 Å². The molecule has 16 nitrogen and oxygen atoms in total. The number of carbonyl (C=O) groups is 4. The third kappa shape index (κ3) is 9.57. The molecule has 0 spiro atoms. The molecule has 3 heterocycles. The van der Waals surface area contributed by atoms with Crippen molar-refractivity contribution in [3.8, 4) is 0 Å². The number of nitrogens with zero attached hydrogens (tertiary/aromatic N) is 6. The van der Waals surface area contributed by atoms with Crippen LogP contribution in [-0.2, 0) is 25.9 Å². The summed E-state index contributed by atoms with van der Waals surface area (Å²) in [6.07, 6.45) is 4.92. The normalized spacial score (nSPS) is 11.0. The third-order valence-electron chi connectivity index (χ3n) is 7.31. The minimum atomic E-state index is -0.570. The van der Waals surface area contributed by atoms with Gasteiger partial charge in [0.1, 0.15) is 17.1 Å². The highest BCUT2D eigenvalue weighted by molar-refractivity contribution is 6.18. The average Bonchev–Trinajstić information content (AvgIpc) is 3.73. The lowest BCUT2D eigenvalue weighted by Crippen LogP contribution is -2.29. The van der Waals surface area contributed by atoms with Crippen LogP contribution in [0.15, 0.2) is 54.7 Å². The van der Waals surface area contributed by atoms with Gasteiger partial charge in [0.15, 0.2) is 11.6 Å². The van der Waals surface area contributed by atoms with Gasteiger partial charge in [-0.05, 0) is 36.8 Å². The zero-order valence-electron chi connectivity index (χ0n) is 27.6. The van der Waals surface area contributed by atoms with E-state index in [2.05, 4.69) is 43.3 Å². The zero-order valence-corrected chi connectivity index (χ0v) is 28.3. The summed E-state index contributed by atoms with van der Waals surface area (Å²) in [5.41, 5.74) is 8.19. The van der Waals surface area contributed by atoms with Gasteiger partial charge < -0.3 is 36.5 Å². The fourth-order valence-corrected chi connectivity index (χ4v) is 5.03. The van der Waals surface area contributed by atoms with Crippen LogP contribution < -0.4 is 31.9 Å². The van der Waals surface area contributed by atoms with Crippen LogP contribution in [0.3, 0.4) is 0 Å². The SMILES string of the molecule is CCN(CCCl)c1ccc(/C=C/C(=O)Nc2cc(C(=O)Nc3cc(C(=O)Nc4cc(C(=O)NCCC(=N)N)n(C)n4)n(C)n3)n(C)c2)cc1. The van der Waals surface area contributed by atoms with E-state index in [-0.39, 0.29) is 53.4 Å². The minimum Gasteiger partial charge on any atom is -0.388 e. The Morgan fingerprint density at radius 3 is 2.06 bits per heavy atom. The first kappa shape index (κ1) is 35.9. The van der Waals surface area contributed by atoms with E-state index in [0.29, 0.717) is 11.6 Å². The van der Waals surface area contributed by atoms with Crippen molar-refractivity contribution in [2.24, 2.45) is 26.9 Å². The van der Waals surface area contributed by atoms with Crippen LogP contribution in [0.25, 0.3) is 6.08 Å². The molecule has 0 aliphatic carbocycles. The molecule has 0 fully saturated rings. The van der Waals surface area contributed by atoms with Gasteiger partial charge in [-0.3, -0.25) is 34.0 Å². The Kier molecular flexibility index (Phi) is 11.9. The van der Waals surface area contributed by atoms with Crippen LogP contribution in [0, 0.1) is 5.41 Å². The van der Waals surface area contributed by atoms with Crippen LogP contribution in [0.1, 0.15) is 50.4 Å². The number of aromatic nitrogens is 5. The molecule has 1 aromatic carbocycles. The van der Waals surface area contributed by atoms with E-state index in [1.807, 2.05) is 24.3 Å². The van der Waals surface area contributed by atoms with Gasteiger partial charge in [-0.15, -0.1) is 11.6 Å². The number of hydrogen-bond donors (Lipinski definition) is 6. The molecule has 0 saturated carbocycles. The summed E-state index contributed by atoms with van der Waals surface area (Å²) in [6.45, 7) is 3.83. The van der Waals surface area contributed by atoms with Crippen LogP contribution in [0.5, 0.6) is 0 Å². The molecule has 17 heteroatoms. The Bertz CT molecular complexity index is 1870. The topological polar surface area (TPSA) is 210 Å². The van der Waals surface area contributed by atoms with E-state index < -0.39 is 17.7 Å². The number of amides is 4. The molecule has 0 unspecified atom stereocenters. The smallest absolute Gasteiger partial charge is 0.275 e. The first-order valence-corrected chi connectivity index (χ1v) is 15.8. The van der Waals surface area contributed by atoms with Gasteiger partial charge in [0, 0.05) is 83.2 Å². The number of nitrogens with one attached hydrogen (secondary N) is 5. The first-order valence-electron chi connectivity index (χ1n) is 15.3. The van der Waals surface area contributed by atoms with Gasteiger partial charge in [-0.2, -0.15) is 10.2 Å². The fourth-order valence-electron chi connectivity index (χ4n) is 4.83. The molecule has 0 aliphatic heterocycles. The lowest BCUT2D eigenvalue weighted by molar-refractivity contribution is -0.111. The van der Waals surface area contributed by atoms with E-state index in [0.717, 1.165) is 24.3 Å². The lowest BCUT2D eigenvalue weighted by Gasteiger charge is -2.21. The number of halogens is 1. The van der Waals surface area contributed by atoms with Gasteiger partial charge >= 0.3 is 0 Å². The highest BCUT2D eigenvalue weighted by Gasteiger charge is 2.20. The average molecular weight is 691 g/mol. The highest BCUT2D eigenvalue weighted by atomic mass is 35.5. The maximum absolute atomic E-state index is 13.1. The maximum atomic E-state index is 13.1. The first-order chi connectivity index (χ1) is 23.4. The van der Waals surface area contributed by atoms with Crippen LogP contribution in [0.4, 0.5) is 23.0 Å². The summed E-state index contributed by atoms with van der Waals surface area (Å²) in [6, 6.07) is 12.1. The Morgan fingerprint density at radius 1 is 0.898 bits per heavy atom. The monoisotopic (exact) mass is 690 g/mol. The predicted octanol–water partition coefficient (Wildman–Crippen LogP) is 2.77. The van der Waals surface area contributed by atoms with Gasteiger partial charge in [-0.1, -0.05) is 12.1 Å². The molecular formula is C32H39ClN12O4. The predicted molar refractivity (Wildman–Crippen MR) is 189 cm³/mol. The van der Waals surface area contributed by atoms with E-state index in [1.165, 1.54) is 40.7 Å². The second-order valence-electron chi connectivity index (χ2n) is 10.9. The van der Waals surface area contributed by atoms with Gasteiger partial charge in [0.25, 0.3) is 17.7 Å². The number of nitrogens with two attached hydrogens (primary N) is 1. The largest absolute Gasteiger partial charge is 0.388 e. The number of amidine groups is 1. The molecule has 3 aromatic heterocycles. The van der Waals surface area contributed by atoms with Crippen LogP contribution in [0.2, 0.25) is 0 Å². The Balaban J connectivity index is 1.34. The van der Waals surface area contributed by atoms with E-state index in [4.69, 9.17) is 22.7 Å². The Hall–Kier alpha value is -5.90. The fraction of sp³-hybridized carbons (Fsp3) is 0.281. The number of benzene rings is 1. The van der Waals surface area contributed by atoms with Crippen molar-refractivity contribution in [1.82, 2.24) is 29.4 Å². The molecule has 0 radical (unpaired) electrons. The summed E-state index contributed by atoms with van der Waals surface area (Å²) < 4.78 is 4.16. The van der Waals surface area contributed by atoms with Gasteiger partial charge in [0.05, 0.1) is 11.5 Å². The molecule has 0 atom stereocenters. The maximum Gasteiger partial charge on any atom is 0.275 e. The molecule has 4 aromatic rings. The van der Waals surface area contributed by atoms with E-state index in [9.17, 15) is 19.2 Å². The number of aryl methyl sites for hydroxylation is 3. The summed E-state index contributed by atoms with van der Waals surface area (Å²) in [5.74, 6) is -1.15. The van der Waals surface area contributed by atoms with Crippen molar-refractivity contribution in [2.45, 2.75) is 13.3 Å². The molecule has 0 saturated heterocycles. The second-order valence-corrected chi connectivity index (χ2v) is 11.3. The summed E-state index contributed by atoms with van der Waals surface area (Å²) in [5, 5.41) is 26.3. The van der Waals surface area contributed by atoms with Crippen molar-refractivity contribution in [3.63, 3.8) is 0 Å². The summed E-state index contributed by atoms with van der Waals surface area (Å²) >= 11 is 5.88. The Labute approximate surface area is 287 Å². The molecule has 0 aliphatic rings. The number of anilines is 4. The minimum absolute atomic E-state index is 0.0490. The molecule has 4 amide bonds. The number of alkyl halides is 1. The summed E-state index contributed by atoms with van der Waals surface area (Å²) in [7, 11) is 4.75. The number of hydrogen-bond acceptors (Lipinski definition) is 8. The zero-order chi connectivity index (χ0) is 35.7. The molecule has 49 heavy (non-hydrogen) atoms. The quantitative estimate of drug-likeness (QED) is 0.0472. The highest BCUT2D eigenvalue weighted by Crippen LogP contribution is 2.19. The van der Waals surface area contributed by atoms with Gasteiger partial charge in [0.2, 0.25) is 5.91 Å². The van der Waals surface area contributed by atoms with Gasteiger partial charge in [-0.25, -0.2) is 0 Å². The lowest BCUT2D eigenvalue weighted by atomic mass is 10.2. The third-order valence-corrected chi connectivity index (χ3v) is 7.48. The second kappa shape index (κ2) is 16.3. The number of rotatable bonds is 15. The standard InChI is InChI=1S/C32H39ClN12O4/c1-5-45(15-13-33)22-9-6-20(7-10-22)8-11-29(46)37-21-16-23(42(2)19-21)31(48)38-28-18-25(44(4)41-28)32(49)39-27-17-24(43(3)40-27)30(47)36-14-12-26(34)35/h6-11,16-19H,5,12-15H2,1-4H3,(H3,34,35)(H,36,47)(H,37,46)(H,38,41,48)(H,39,40,49)/b11-8+. The van der Waals surface area contributed by atoms with E-state index >= 15 is 0 Å².